The Balaban J connectivity index is 1.72. The third kappa shape index (κ3) is 4.54. The number of H-pyrrole nitrogens is 1. The molecule has 0 aliphatic carbocycles. The van der Waals surface area contributed by atoms with Crippen molar-refractivity contribution < 1.29 is 9.47 Å². The molecule has 0 radical (unpaired) electrons. The monoisotopic (exact) mass is 402 g/mol. The zero-order chi connectivity index (χ0) is 17.5. The highest BCUT2D eigenvalue weighted by molar-refractivity contribution is 9.10. The van der Waals surface area contributed by atoms with Gasteiger partial charge >= 0.3 is 0 Å². The Bertz CT molecular complexity index is 839. The van der Waals surface area contributed by atoms with Gasteiger partial charge in [0, 0.05) is 0 Å². The van der Waals surface area contributed by atoms with E-state index in [-0.39, 0.29) is 5.95 Å². The molecular weight excluding hydrogens is 388 g/mol. The van der Waals surface area contributed by atoms with Gasteiger partial charge in [-0.25, -0.2) is 5.43 Å². The summed E-state index contributed by atoms with van der Waals surface area (Å²) in [6.45, 7) is 0.447. The molecule has 3 rings (SSSR count). The van der Waals surface area contributed by atoms with Crippen LogP contribution in [-0.4, -0.2) is 33.9 Å². The number of rotatable bonds is 7. The van der Waals surface area contributed by atoms with E-state index in [0.29, 0.717) is 18.1 Å². The quantitative estimate of drug-likeness (QED) is 0.465. The van der Waals surface area contributed by atoms with Crippen molar-refractivity contribution >= 4 is 28.1 Å². The third-order valence-electron chi connectivity index (χ3n) is 3.20. The van der Waals surface area contributed by atoms with Crippen LogP contribution in [0.25, 0.3) is 0 Å². The molecular formula is C16H15BrN6O2. The van der Waals surface area contributed by atoms with Gasteiger partial charge < -0.3 is 9.47 Å². The molecule has 9 heteroatoms. The second kappa shape index (κ2) is 8.25. The van der Waals surface area contributed by atoms with Gasteiger partial charge in [0.15, 0.2) is 11.5 Å². The van der Waals surface area contributed by atoms with Gasteiger partial charge in [-0.3, -0.25) is 0 Å². The standard InChI is InChI=1S/C16H15BrN6O2/c1-24-14-8-12(9-18-19-16-20-22-23-21-16)7-13(17)15(14)25-10-11-5-3-2-4-6-11/h2-9H,10H2,1H3,(H2,19,20,21,22,23). The number of tetrazole rings is 1. The number of nitrogens with one attached hydrogen (secondary N) is 2. The average molecular weight is 403 g/mol. The lowest BCUT2D eigenvalue weighted by molar-refractivity contribution is 0.282. The second-order valence-corrected chi connectivity index (χ2v) is 5.77. The number of anilines is 1. The number of benzene rings is 2. The van der Waals surface area contributed by atoms with Crippen molar-refractivity contribution in [2.75, 3.05) is 12.5 Å². The molecule has 8 nitrogen and oxygen atoms in total. The fourth-order valence-electron chi connectivity index (χ4n) is 2.06. The summed E-state index contributed by atoms with van der Waals surface area (Å²) in [6.07, 6.45) is 1.62. The maximum Gasteiger partial charge on any atom is 0.283 e. The Morgan fingerprint density at radius 1 is 1.28 bits per heavy atom. The van der Waals surface area contributed by atoms with E-state index in [2.05, 4.69) is 47.1 Å². The number of nitrogens with zero attached hydrogens (tertiary/aromatic N) is 4. The van der Waals surface area contributed by atoms with Crippen LogP contribution in [0.3, 0.4) is 0 Å². The first kappa shape index (κ1) is 16.9. The van der Waals surface area contributed by atoms with E-state index < -0.39 is 0 Å². The lowest BCUT2D eigenvalue weighted by Gasteiger charge is -2.13. The minimum atomic E-state index is 0.282. The van der Waals surface area contributed by atoms with E-state index in [0.717, 1.165) is 15.6 Å². The summed E-state index contributed by atoms with van der Waals surface area (Å²) in [4.78, 5) is 0. The van der Waals surface area contributed by atoms with E-state index in [9.17, 15) is 0 Å². The van der Waals surface area contributed by atoms with Gasteiger partial charge in [0.05, 0.1) is 17.8 Å². The van der Waals surface area contributed by atoms with Gasteiger partial charge in [-0.1, -0.05) is 35.4 Å². The predicted molar refractivity (Wildman–Crippen MR) is 96.9 cm³/mol. The van der Waals surface area contributed by atoms with Crippen LogP contribution in [0.1, 0.15) is 11.1 Å². The highest BCUT2D eigenvalue weighted by atomic mass is 79.9. The van der Waals surface area contributed by atoms with Gasteiger partial charge in [-0.2, -0.15) is 10.3 Å². The number of aromatic nitrogens is 4. The van der Waals surface area contributed by atoms with Crippen LogP contribution >= 0.6 is 15.9 Å². The number of methoxy groups -OCH3 is 1. The maximum absolute atomic E-state index is 5.90. The smallest absolute Gasteiger partial charge is 0.283 e. The fraction of sp³-hybridized carbons (Fsp3) is 0.125. The molecule has 1 heterocycles. The van der Waals surface area contributed by atoms with Crippen LogP contribution < -0.4 is 14.9 Å². The van der Waals surface area contributed by atoms with E-state index in [1.54, 1.807) is 13.3 Å². The van der Waals surface area contributed by atoms with Crippen LogP contribution in [-0.2, 0) is 6.61 Å². The molecule has 0 bridgehead atoms. The first-order valence-corrected chi connectivity index (χ1v) is 8.12. The average Bonchev–Trinajstić information content (AvgIpc) is 3.15. The number of hydrazone groups is 1. The molecule has 0 aliphatic rings. The van der Waals surface area contributed by atoms with Crippen molar-refractivity contribution in [2.24, 2.45) is 5.10 Å². The molecule has 0 saturated heterocycles. The molecule has 0 aliphatic heterocycles. The van der Waals surface area contributed by atoms with Crippen molar-refractivity contribution in [3.05, 3.63) is 58.1 Å². The summed E-state index contributed by atoms with van der Waals surface area (Å²) in [5.74, 6) is 1.52. The summed E-state index contributed by atoms with van der Waals surface area (Å²) in [6, 6.07) is 13.6. The number of aromatic amines is 1. The van der Waals surface area contributed by atoms with Crippen LogP contribution in [0.4, 0.5) is 5.95 Å². The zero-order valence-corrected chi connectivity index (χ0v) is 14.9. The number of hydrogen-bond acceptors (Lipinski definition) is 7. The van der Waals surface area contributed by atoms with Crippen LogP contribution in [0, 0.1) is 0 Å². The SMILES string of the molecule is COc1cc(C=NNc2nn[nH]n2)cc(Br)c1OCc1ccccc1. The molecule has 1 aromatic heterocycles. The van der Waals surface area contributed by atoms with E-state index in [4.69, 9.17) is 9.47 Å². The van der Waals surface area contributed by atoms with Crippen molar-refractivity contribution in [1.29, 1.82) is 0 Å². The van der Waals surface area contributed by atoms with Crippen molar-refractivity contribution in [2.45, 2.75) is 6.61 Å². The molecule has 0 saturated carbocycles. The molecule has 2 aromatic carbocycles. The van der Waals surface area contributed by atoms with Gasteiger partial charge in [0.25, 0.3) is 5.95 Å². The van der Waals surface area contributed by atoms with Crippen LogP contribution in [0.2, 0.25) is 0 Å². The van der Waals surface area contributed by atoms with Gasteiger partial charge in [0.1, 0.15) is 6.61 Å². The topological polar surface area (TPSA) is 97.3 Å². The fourth-order valence-corrected chi connectivity index (χ4v) is 2.63. The van der Waals surface area contributed by atoms with Crippen molar-refractivity contribution in [1.82, 2.24) is 20.6 Å². The summed E-state index contributed by atoms with van der Waals surface area (Å²) in [5, 5.41) is 17.3. The van der Waals surface area contributed by atoms with E-state index >= 15 is 0 Å². The minimum absolute atomic E-state index is 0.282. The lowest BCUT2D eigenvalue weighted by Crippen LogP contribution is -2.00. The normalized spacial score (nSPS) is 10.8. The molecule has 0 amide bonds. The van der Waals surface area contributed by atoms with Gasteiger partial charge in [-0.15, -0.1) is 5.10 Å². The number of ether oxygens (including phenoxy) is 2. The summed E-state index contributed by atoms with van der Waals surface area (Å²) >= 11 is 3.52. The maximum atomic E-state index is 5.90. The molecule has 0 atom stereocenters. The number of halogens is 1. The van der Waals surface area contributed by atoms with Crippen molar-refractivity contribution in [3.8, 4) is 11.5 Å². The van der Waals surface area contributed by atoms with Gasteiger partial charge in [0.2, 0.25) is 0 Å². The van der Waals surface area contributed by atoms with Gasteiger partial charge in [-0.05, 0) is 44.4 Å². The lowest BCUT2D eigenvalue weighted by atomic mass is 10.2. The first-order valence-electron chi connectivity index (χ1n) is 7.33. The summed E-state index contributed by atoms with van der Waals surface area (Å²) in [5.41, 5.74) is 4.54. The second-order valence-electron chi connectivity index (χ2n) is 4.91. The Morgan fingerprint density at radius 3 is 2.84 bits per heavy atom. The highest BCUT2D eigenvalue weighted by Crippen LogP contribution is 2.36. The summed E-state index contributed by atoms with van der Waals surface area (Å²) in [7, 11) is 1.59. The first-order chi connectivity index (χ1) is 12.3. The molecule has 0 unspecified atom stereocenters. The molecule has 0 spiro atoms. The Kier molecular flexibility index (Phi) is 5.57. The Hall–Kier alpha value is -2.94. The molecule has 128 valence electrons. The number of hydrogen-bond donors (Lipinski definition) is 2. The molecule has 0 fully saturated rings. The summed E-state index contributed by atoms with van der Waals surface area (Å²) < 4.78 is 12.1. The zero-order valence-electron chi connectivity index (χ0n) is 13.3. The minimum Gasteiger partial charge on any atom is -0.493 e. The molecule has 2 N–H and O–H groups in total. The van der Waals surface area contributed by atoms with Crippen LogP contribution in [0.15, 0.2) is 52.0 Å². The van der Waals surface area contributed by atoms with Crippen molar-refractivity contribution in [3.63, 3.8) is 0 Å². The third-order valence-corrected chi connectivity index (χ3v) is 3.79. The Morgan fingerprint density at radius 2 is 2.12 bits per heavy atom. The molecule has 25 heavy (non-hydrogen) atoms. The largest absolute Gasteiger partial charge is 0.493 e. The van der Waals surface area contributed by atoms with Crippen LogP contribution in [0.5, 0.6) is 11.5 Å². The predicted octanol–water partition coefficient (Wildman–Crippen LogP) is 3.00. The Labute approximate surface area is 152 Å². The molecule has 3 aromatic rings. The highest BCUT2D eigenvalue weighted by Gasteiger charge is 2.11. The van der Waals surface area contributed by atoms with E-state index in [1.165, 1.54) is 0 Å². The van der Waals surface area contributed by atoms with E-state index in [1.807, 2.05) is 42.5 Å².